The molecule has 0 spiro atoms. The molecular formula is C13H25N3O. The minimum absolute atomic E-state index is 0.00468. The molecule has 0 saturated carbocycles. The van der Waals surface area contributed by atoms with Crippen LogP contribution in [0, 0.1) is 0 Å². The van der Waals surface area contributed by atoms with Crippen LogP contribution in [-0.2, 0) is 11.2 Å². The lowest BCUT2D eigenvalue weighted by molar-refractivity contribution is 0.0952. The molecule has 1 rings (SSSR count). The van der Waals surface area contributed by atoms with Gasteiger partial charge in [-0.05, 0) is 25.8 Å². The molecule has 1 aromatic heterocycles. The first-order valence-corrected chi connectivity index (χ1v) is 6.44. The van der Waals surface area contributed by atoms with Crippen LogP contribution in [0.15, 0.2) is 12.3 Å². The van der Waals surface area contributed by atoms with Crippen molar-refractivity contribution >= 4 is 0 Å². The van der Waals surface area contributed by atoms with Crippen molar-refractivity contribution in [1.82, 2.24) is 9.78 Å². The maximum absolute atomic E-state index is 6.04. The van der Waals surface area contributed by atoms with Gasteiger partial charge in [-0.2, -0.15) is 5.10 Å². The summed E-state index contributed by atoms with van der Waals surface area (Å²) < 4.78 is 7.28. The first-order chi connectivity index (χ1) is 8.12. The fraction of sp³-hybridized carbons (Fsp3) is 0.769. The van der Waals surface area contributed by atoms with Gasteiger partial charge in [0, 0.05) is 25.8 Å². The molecule has 2 atom stereocenters. The number of aromatic nitrogens is 2. The first-order valence-electron chi connectivity index (χ1n) is 6.44. The maximum atomic E-state index is 6.04. The van der Waals surface area contributed by atoms with Gasteiger partial charge in [0.2, 0.25) is 0 Å². The maximum Gasteiger partial charge on any atom is 0.0697 e. The molecule has 0 aromatic carbocycles. The lowest BCUT2D eigenvalue weighted by Gasteiger charge is -2.17. The van der Waals surface area contributed by atoms with Crippen LogP contribution in [0.5, 0.6) is 0 Å². The molecule has 0 aliphatic carbocycles. The summed E-state index contributed by atoms with van der Waals surface area (Å²) in [6.07, 6.45) is 5.10. The van der Waals surface area contributed by atoms with Gasteiger partial charge in [-0.25, -0.2) is 0 Å². The molecular weight excluding hydrogens is 214 g/mol. The van der Waals surface area contributed by atoms with Crippen molar-refractivity contribution in [2.24, 2.45) is 5.73 Å². The summed E-state index contributed by atoms with van der Waals surface area (Å²) in [6.45, 7) is 6.37. The van der Waals surface area contributed by atoms with Crippen LogP contribution < -0.4 is 5.73 Å². The van der Waals surface area contributed by atoms with Gasteiger partial charge in [-0.3, -0.25) is 4.68 Å². The second-order valence-electron chi connectivity index (χ2n) is 4.57. The zero-order chi connectivity index (χ0) is 12.8. The van der Waals surface area contributed by atoms with Gasteiger partial charge in [-0.1, -0.05) is 13.8 Å². The lowest BCUT2D eigenvalue weighted by Crippen LogP contribution is -2.36. The van der Waals surface area contributed by atoms with E-state index < -0.39 is 0 Å². The Kier molecular flexibility index (Phi) is 5.65. The van der Waals surface area contributed by atoms with E-state index in [0.717, 1.165) is 25.0 Å². The Morgan fingerprint density at radius 2 is 2.06 bits per heavy atom. The fourth-order valence-corrected chi connectivity index (χ4v) is 1.93. The molecule has 2 unspecified atom stereocenters. The van der Waals surface area contributed by atoms with Crippen molar-refractivity contribution in [2.45, 2.75) is 58.2 Å². The largest absolute Gasteiger partial charge is 0.380 e. The van der Waals surface area contributed by atoms with Crippen molar-refractivity contribution in [3.05, 3.63) is 18.0 Å². The number of hydrogen-bond donors (Lipinski definition) is 1. The Morgan fingerprint density at radius 1 is 1.41 bits per heavy atom. The average molecular weight is 239 g/mol. The Labute approximate surface area is 104 Å². The van der Waals surface area contributed by atoms with E-state index >= 15 is 0 Å². The number of rotatable bonds is 7. The molecule has 4 heteroatoms. The number of ether oxygens (including phenoxy) is 1. The Morgan fingerprint density at radius 3 is 2.59 bits per heavy atom. The third-order valence-electron chi connectivity index (χ3n) is 3.40. The van der Waals surface area contributed by atoms with Crippen molar-refractivity contribution in [3.8, 4) is 0 Å². The molecule has 4 nitrogen and oxygen atoms in total. The molecule has 98 valence electrons. The number of nitrogens with two attached hydrogens (primary N) is 1. The SMILES string of the molecule is CCC(CC)n1ccc(CC(N)C(C)OC)n1. The predicted molar refractivity (Wildman–Crippen MR) is 70.0 cm³/mol. The standard InChI is InChI=1S/C13H25N3O/c1-5-12(6-2)16-8-7-11(15-16)9-13(14)10(3)17-4/h7-8,10,12-13H,5-6,9,14H2,1-4H3. The monoisotopic (exact) mass is 239 g/mol. The van der Waals surface area contributed by atoms with Crippen molar-refractivity contribution < 1.29 is 4.74 Å². The van der Waals surface area contributed by atoms with E-state index in [4.69, 9.17) is 10.5 Å². The minimum atomic E-state index is 0.00468. The van der Waals surface area contributed by atoms with E-state index in [-0.39, 0.29) is 12.1 Å². The normalized spacial score (nSPS) is 15.2. The molecule has 17 heavy (non-hydrogen) atoms. The Hall–Kier alpha value is -0.870. The first kappa shape index (κ1) is 14.2. The quantitative estimate of drug-likeness (QED) is 0.793. The lowest BCUT2D eigenvalue weighted by atomic mass is 10.1. The smallest absolute Gasteiger partial charge is 0.0697 e. The van der Waals surface area contributed by atoms with E-state index in [0.29, 0.717) is 6.04 Å². The second kappa shape index (κ2) is 6.77. The van der Waals surface area contributed by atoms with E-state index in [1.807, 2.05) is 6.92 Å². The Bertz CT molecular complexity index is 320. The minimum Gasteiger partial charge on any atom is -0.380 e. The van der Waals surface area contributed by atoms with Crippen LogP contribution in [0.4, 0.5) is 0 Å². The molecule has 1 heterocycles. The summed E-state index contributed by atoms with van der Waals surface area (Å²) in [5.74, 6) is 0. The number of nitrogens with zero attached hydrogens (tertiary/aromatic N) is 2. The summed E-state index contributed by atoms with van der Waals surface area (Å²) in [7, 11) is 1.69. The molecule has 0 amide bonds. The van der Waals surface area contributed by atoms with Gasteiger partial charge in [-0.15, -0.1) is 0 Å². The van der Waals surface area contributed by atoms with Crippen LogP contribution in [0.25, 0.3) is 0 Å². The van der Waals surface area contributed by atoms with Gasteiger partial charge in [0.05, 0.1) is 17.8 Å². The molecule has 2 N–H and O–H groups in total. The molecule has 0 aliphatic heterocycles. The van der Waals surface area contributed by atoms with Crippen LogP contribution >= 0.6 is 0 Å². The summed E-state index contributed by atoms with van der Waals surface area (Å²) in [5, 5.41) is 4.59. The molecule has 0 radical (unpaired) electrons. The highest BCUT2D eigenvalue weighted by Gasteiger charge is 2.15. The van der Waals surface area contributed by atoms with Crippen molar-refractivity contribution in [1.29, 1.82) is 0 Å². The van der Waals surface area contributed by atoms with Crippen LogP contribution in [0.1, 0.15) is 45.3 Å². The van der Waals surface area contributed by atoms with Gasteiger partial charge < -0.3 is 10.5 Å². The van der Waals surface area contributed by atoms with Crippen LogP contribution in [0.3, 0.4) is 0 Å². The molecule has 0 bridgehead atoms. The van der Waals surface area contributed by atoms with Gasteiger partial charge in [0.25, 0.3) is 0 Å². The molecule has 0 aliphatic rings. The highest BCUT2D eigenvalue weighted by Crippen LogP contribution is 2.15. The molecule has 1 aromatic rings. The van der Waals surface area contributed by atoms with Crippen molar-refractivity contribution in [2.75, 3.05) is 7.11 Å². The second-order valence-corrected chi connectivity index (χ2v) is 4.57. The summed E-state index contributed by atoms with van der Waals surface area (Å²) in [4.78, 5) is 0. The molecule has 0 saturated heterocycles. The van der Waals surface area contributed by atoms with Gasteiger partial charge >= 0.3 is 0 Å². The predicted octanol–water partition coefficient (Wildman–Crippen LogP) is 2.15. The van der Waals surface area contributed by atoms with E-state index in [1.54, 1.807) is 7.11 Å². The summed E-state index contributed by atoms with van der Waals surface area (Å²) in [5.41, 5.74) is 7.09. The number of hydrogen-bond acceptors (Lipinski definition) is 3. The van der Waals surface area contributed by atoms with Gasteiger partial charge in [0.15, 0.2) is 0 Å². The summed E-state index contributed by atoms with van der Waals surface area (Å²) in [6, 6.07) is 2.56. The van der Waals surface area contributed by atoms with Crippen molar-refractivity contribution in [3.63, 3.8) is 0 Å². The van der Waals surface area contributed by atoms with E-state index in [9.17, 15) is 0 Å². The van der Waals surface area contributed by atoms with Gasteiger partial charge in [0.1, 0.15) is 0 Å². The topological polar surface area (TPSA) is 53.1 Å². The van der Waals surface area contributed by atoms with E-state index in [1.165, 1.54) is 0 Å². The fourth-order valence-electron chi connectivity index (χ4n) is 1.93. The molecule has 0 fully saturated rings. The van der Waals surface area contributed by atoms with Crippen LogP contribution in [-0.4, -0.2) is 29.0 Å². The average Bonchev–Trinajstić information content (AvgIpc) is 2.78. The zero-order valence-electron chi connectivity index (χ0n) is 11.4. The third kappa shape index (κ3) is 3.82. The van der Waals surface area contributed by atoms with Crippen LogP contribution in [0.2, 0.25) is 0 Å². The highest BCUT2D eigenvalue weighted by molar-refractivity contribution is 5.02. The Balaban J connectivity index is 2.62. The highest BCUT2D eigenvalue weighted by atomic mass is 16.5. The van der Waals surface area contributed by atoms with E-state index in [2.05, 4.69) is 35.9 Å². The third-order valence-corrected chi connectivity index (χ3v) is 3.40. The zero-order valence-corrected chi connectivity index (χ0v) is 11.4. The number of methoxy groups -OCH3 is 1. The summed E-state index contributed by atoms with van der Waals surface area (Å²) >= 11 is 0.